The van der Waals surface area contributed by atoms with Gasteiger partial charge in [-0.15, -0.1) is 0 Å². The molecule has 0 saturated carbocycles. The van der Waals surface area contributed by atoms with E-state index in [1.807, 2.05) is 24.3 Å². The molecule has 0 aliphatic heterocycles. The fourth-order valence-corrected chi connectivity index (χ4v) is 1.47. The lowest BCUT2D eigenvalue weighted by Gasteiger charge is -2.09. The van der Waals surface area contributed by atoms with Crippen LogP contribution in [0.2, 0.25) is 0 Å². The minimum atomic E-state index is -0.467. The molecule has 0 aromatic carbocycles. The number of hydrogen-bond donors (Lipinski definition) is 0. The van der Waals surface area contributed by atoms with E-state index in [1.54, 1.807) is 26.6 Å². The van der Waals surface area contributed by atoms with Gasteiger partial charge in [-0.1, -0.05) is 0 Å². The SMILES string of the molecule is COC(OC)c1ccc(-c2cccnc2)o1. The van der Waals surface area contributed by atoms with E-state index in [-0.39, 0.29) is 0 Å². The molecule has 0 saturated heterocycles. The van der Waals surface area contributed by atoms with E-state index in [2.05, 4.69) is 4.98 Å². The number of aromatic nitrogens is 1. The molecule has 0 atom stereocenters. The van der Waals surface area contributed by atoms with Crippen molar-refractivity contribution in [2.45, 2.75) is 6.29 Å². The third kappa shape index (κ3) is 2.13. The minimum Gasteiger partial charge on any atom is -0.456 e. The van der Waals surface area contributed by atoms with Gasteiger partial charge in [-0.3, -0.25) is 4.98 Å². The molecule has 0 amide bonds. The Morgan fingerprint density at radius 1 is 1.19 bits per heavy atom. The van der Waals surface area contributed by atoms with Gasteiger partial charge in [0.25, 0.3) is 0 Å². The van der Waals surface area contributed by atoms with Crippen LogP contribution in [0.5, 0.6) is 0 Å². The molecule has 0 fully saturated rings. The molecule has 2 aromatic rings. The zero-order chi connectivity index (χ0) is 11.4. The maximum atomic E-state index is 5.62. The Morgan fingerprint density at radius 3 is 2.62 bits per heavy atom. The third-order valence-corrected chi connectivity index (χ3v) is 2.23. The highest BCUT2D eigenvalue weighted by Crippen LogP contribution is 2.26. The first kappa shape index (κ1) is 10.9. The zero-order valence-corrected chi connectivity index (χ0v) is 9.21. The first-order valence-corrected chi connectivity index (χ1v) is 4.91. The maximum absolute atomic E-state index is 5.62. The summed E-state index contributed by atoms with van der Waals surface area (Å²) in [7, 11) is 3.14. The van der Waals surface area contributed by atoms with Gasteiger partial charge in [0.2, 0.25) is 6.29 Å². The molecule has 0 aliphatic rings. The Labute approximate surface area is 93.8 Å². The molecule has 4 heteroatoms. The number of nitrogens with zero attached hydrogens (tertiary/aromatic N) is 1. The van der Waals surface area contributed by atoms with Crippen LogP contribution in [-0.4, -0.2) is 19.2 Å². The van der Waals surface area contributed by atoms with Crippen LogP contribution in [0.25, 0.3) is 11.3 Å². The first-order valence-electron chi connectivity index (χ1n) is 4.91. The summed E-state index contributed by atoms with van der Waals surface area (Å²) < 4.78 is 15.8. The van der Waals surface area contributed by atoms with E-state index in [0.717, 1.165) is 11.3 Å². The van der Waals surface area contributed by atoms with E-state index in [9.17, 15) is 0 Å². The summed E-state index contributed by atoms with van der Waals surface area (Å²) in [6.07, 6.45) is 3.00. The van der Waals surface area contributed by atoms with Crippen LogP contribution in [0.15, 0.2) is 41.1 Å². The fraction of sp³-hybridized carbons (Fsp3) is 0.250. The molecule has 0 unspecified atom stereocenters. The van der Waals surface area contributed by atoms with Gasteiger partial charge in [0.05, 0.1) is 0 Å². The fourth-order valence-electron chi connectivity index (χ4n) is 1.47. The average Bonchev–Trinajstić information content (AvgIpc) is 2.81. The number of furan rings is 1. The summed E-state index contributed by atoms with van der Waals surface area (Å²) in [5, 5.41) is 0. The van der Waals surface area contributed by atoms with Gasteiger partial charge in [-0.25, -0.2) is 0 Å². The lowest BCUT2D eigenvalue weighted by atomic mass is 10.2. The molecule has 4 nitrogen and oxygen atoms in total. The van der Waals surface area contributed by atoms with Crippen molar-refractivity contribution in [3.8, 4) is 11.3 Å². The van der Waals surface area contributed by atoms with Crippen LogP contribution < -0.4 is 0 Å². The number of hydrogen-bond acceptors (Lipinski definition) is 4. The van der Waals surface area contributed by atoms with E-state index in [4.69, 9.17) is 13.9 Å². The number of rotatable bonds is 4. The average molecular weight is 219 g/mol. The van der Waals surface area contributed by atoms with E-state index < -0.39 is 6.29 Å². The van der Waals surface area contributed by atoms with Gasteiger partial charge < -0.3 is 13.9 Å². The lowest BCUT2D eigenvalue weighted by Crippen LogP contribution is -2.01. The highest BCUT2D eigenvalue weighted by Gasteiger charge is 2.14. The quantitative estimate of drug-likeness (QED) is 0.741. The van der Waals surface area contributed by atoms with Crippen molar-refractivity contribution in [3.05, 3.63) is 42.4 Å². The summed E-state index contributed by atoms with van der Waals surface area (Å²) in [6.45, 7) is 0. The van der Waals surface area contributed by atoms with Crippen molar-refractivity contribution in [1.29, 1.82) is 0 Å². The van der Waals surface area contributed by atoms with E-state index in [0.29, 0.717) is 5.76 Å². The summed E-state index contributed by atoms with van der Waals surface area (Å²) >= 11 is 0. The standard InChI is InChI=1S/C12H13NO3/c1-14-12(15-2)11-6-5-10(16-11)9-4-3-7-13-8-9/h3-8,12H,1-2H3. The Kier molecular flexibility index (Phi) is 3.34. The predicted octanol–water partition coefficient (Wildman–Crippen LogP) is 2.63. The van der Waals surface area contributed by atoms with Gasteiger partial charge in [-0.05, 0) is 24.3 Å². The number of pyridine rings is 1. The van der Waals surface area contributed by atoms with Crippen LogP contribution in [0, 0.1) is 0 Å². The van der Waals surface area contributed by atoms with Gasteiger partial charge in [0.1, 0.15) is 5.76 Å². The predicted molar refractivity (Wildman–Crippen MR) is 58.7 cm³/mol. The van der Waals surface area contributed by atoms with Gasteiger partial charge in [0.15, 0.2) is 5.76 Å². The van der Waals surface area contributed by atoms with Crippen LogP contribution in [0.4, 0.5) is 0 Å². The second-order valence-corrected chi connectivity index (χ2v) is 3.25. The zero-order valence-electron chi connectivity index (χ0n) is 9.21. The van der Waals surface area contributed by atoms with Crippen molar-refractivity contribution in [3.63, 3.8) is 0 Å². The molecule has 0 aliphatic carbocycles. The molecule has 2 aromatic heterocycles. The van der Waals surface area contributed by atoms with Gasteiger partial charge >= 0.3 is 0 Å². The highest BCUT2D eigenvalue weighted by molar-refractivity contribution is 5.55. The summed E-state index contributed by atoms with van der Waals surface area (Å²) in [5.41, 5.74) is 0.930. The van der Waals surface area contributed by atoms with E-state index in [1.165, 1.54) is 0 Å². The molecule has 0 N–H and O–H groups in total. The second kappa shape index (κ2) is 4.92. The largest absolute Gasteiger partial charge is 0.456 e. The highest BCUT2D eigenvalue weighted by atomic mass is 16.7. The van der Waals surface area contributed by atoms with Crippen LogP contribution in [-0.2, 0) is 9.47 Å². The van der Waals surface area contributed by atoms with Crippen LogP contribution in [0.3, 0.4) is 0 Å². The van der Waals surface area contributed by atoms with Crippen molar-refractivity contribution in [2.75, 3.05) is 14.2 Å². The molecule has 2 rings (SSSR count). The maximum Gasteiger partial charge on any atom is 0.216 e. The first-order chi connectivity index (χ1) is 7.85. The van der Waals surface area contributed by atoms with E-state index >= 15 is 0 Å². The molecule has 0 radical (unpaired) electrons. The molecule has 84 valence electrons. The Bertz CT molecular complexity index is 435. The third-order valence-electron chi connectivity index (χ3n) is 2.23. The summed E-state index contributed by atoms with van der Waals surface area (Å²) in [6, 6.07) is 7.50. The summed E-state index contributed by atoms with van der Waals surface area (Å²) in [5.74, 6) is 1.39. The molecular weight excluding hydrogens is 206 g/mol. The number of ether oxygens (including phenoxy) is 2. The Morgan fingerprint density at radius 2 is 2.00 bits per heavy atom. The van der Waals surface area contributed by atoms with Gasteiger partial charge in [0, 0.05) is 32.2 Å². The molecular formula is C12H13NO3. The lowest BCUT2D eigenvalue weighted by molar-refractivity contribution is -0.117. The molecule has 0 spiro atoms. The topological polar surface area (TPSA) is 44.5 Å². The Hall–Kier alpha value is -1.65. The van der Waals surface area contributed by atoms with Crippen LogP contribution >= 0.6 is 0 Å². The smallest absolute Gasteiger partial charge is 0.216 e. The van der Waals surface area contributed by atoms with Gasteiger partial charge in [-0.2, -0.15) is 0 Å². The van der Waals surface area contributed by atoms with Crippen LogP contribution in [0.1, 0.15) is 12.1 Å². The Balaban J connectivity index is 2.26. The minimum absolute atomic E-state index is 0.467. The number of methoxy groups -OCH3 is 2. The molecule has 16 heavy (non-hydrogen) atoms. The monoisotopic (exact) mass is 219 g/mol. The second-order valence-electron chi connectivity index (χ2n) is 3.25. The van der Waals surface area contributed by atoms with Crippen molar-refractivity contribution < 1.29 is 13.9 Å². The normalized spacial score (nSPS) is 10.9. The summed E-state index contributed by atoms with van der Waals surface area (Å²) in [4.78, 5) is 4.03. The molecule has 2 heterocycles. The van der Waals surface area contributed by atoms with Crippen molar-refractivity contribution in [1.82, 2.24) is 4.98 Å². The van der Waals surface area contributed by atoms with Crippen molar-refractivity contribution in [2.24, 2.45) is 0 Å². The van der Waals surface area contributed by atoms with Crippen molar-refractivity contribution >= 4 is 0 Å². The molecule has 0 bridgehead atoms.